The highest BCUT2D eigenvalue weighted by Gasteiger charge is 2.20. The van der Waals surface area contributed by atoms with Gasteiger partial charge in [0.2, 0.25) is 5.91 Å². The summed E-state index contributed by atoms with van der Waals surface area (Å²) in [6.45, 7) is 0. The van der Waals surface area contributed by atoms with Gasteiger partial charge in [0.15, 0.2) is 0 Å². The minimum Gasteiger partial charge on any atom is -0.353 e. The van der Waals surface area contributed by atoms with Gasteiger partial charge in [-0.1, -0.05) is 79.9 Å². The molecule has 1 heterocycles. The van der Waals surface area contributed by atoms with Crippen molar-refractivity contribution >= 4 is 17.2 Å². The number of aromatic nitrogens is 1. The van der Waals surface area contributed by atoms with E-state index in [9.17, 15) is 4.79 Å². The largest absolute Gasteiger partial charge is 0.353 e. The van der Waals surface area contributed by atoms with Gasteiger partial charge < -0.3 is 5.32 Å². The van der Waals surface area contributed by atoms with Crippen molar-refractivity contribution in [1.29, 1.82) is 0 Å². The van der Waals surface area contributed by atoms with Gasteiger partial charge in [-0.15, -0.1) is 11.3 Å². The molecule has 0 saturated heterocycles. The van der Waals surface area contributed by atoms with Crippen molar-refractivity contribution in [3.05, 3.63) is 65.5 Å². The molecule has 3 nitrogen and oxygen atoms in total. The van der Waals surface area contributed by atoms with E-state index in [1.54, 1.807) is 11.3 Å². The van der Waals surface area contributed by atoms with Crippen LogP contribution in [0, 0.1) is 0 Å². The van der Waals surface area contributed by atoms with Crippen LogP contribution in [0.5, 0.6) is 0 Å². The van der Waals surface area contributed by atoms with Crippen molar-refractivity contribution in [2.45, 2.75) is 44.6 Å². The molecule has 1 aliphatic carbocycles. The molecule has 1 saturated carbocycles. The molecule has 3 aromatic rings. The van der Waals surface area contributed by atoms with E-state index >= 15 is 0 Å². The average Bonchev–Trinajstić information content (AvgIpc) is 3.14. The van der Waals surface area contributed by atoms with Gasteiger partial charge in [-0.3, -0.25) is 4.79 Å². The van der Waals surface area contributed by atoms with Gasteiger partial charge in [-0.05, 0) is 12.8 Å². The number of carbonyl (C=O) groups excluding carboxylic acids is 1. The van der Waals surface area contributed by atoms with Gasteiger partial charge in [-0.2, -0.15) is 0 Å². The first-order chi connectivity index (χ1) is 13.3. The summed E-state index contributed by atoms with van der Waals surface area (Å²) in [5.74, 6) is 0.113. The van der Waals surface area contributed by atoms with Gasteiger partial charge in [0.25, 0.3) is 0 Å². The second-order valence-electron chi connectivity index (χ2n) is 7.10. The first kappa shape index (κ1) is 17.9. The van der Waals surface area contributed by atoms with E-state index in [4.69, 9.17) is 4.98 Å². The lowest BCUT2D eigenvalue weighted by molar-refractivity contribution is -0.121. The zero-order valence-electron chi connectivity index (χ0n) is 15.4. The molecule has 138 valence electrons. The summed E-state index contributed by atoms with van der Waals surface area (Å²) in [6, 6.07) is 20.7. The second kappa shape index (κ2) is 8.49. The molecule has 0 unspecified atom stereocenters. The molecule has 1 aromatic heterocycles. The van der Waals surface area contributed by atoms with Crippen LogP contribution in [-0.4, -0.2) is 16.9 Å². The Bertz CT molecular complexity index is 883. The Hall–Kier alpha value is -2.46. The van der Waals surface area contributed by atoms with Crippen molar-refractivity contribution in [3.8, 4) is 21.8 Å². The van der Waals surface area contributed by atoms with Crippen LogP contribution in [0.15, 0.2) is 60.7 Å². The maximum Gasteiger partial charge on any atom is 0.225 e. The van der Waals surface area contributed by atoms with E-state index in [0.717, 1.165) is 39.5 Å². The van der Waals surface area contributed by atoms with Crippen molar-refractivity contribution < 1.29 is 4.79 Å². The monoisotopic (exact) mass is 376 g/mol. The number of hydrogen-bond donors (Lipinski definition) is 1. The van der Waals surface area contributed by atoms with Crippen LogP contribution in [0.1, 0.15) is 37.0 Å². The third-order valence-corrected chi connectivity index (χ3v) is 6.16. The number of amides is 1. The second-order valence-corrected chi connectivity index (χ2v) is 8.19. The molecular weight excluding hydrogens is 352 g/mol. The normalized spacial score (nSPS) is 14.8. The van der Waals surface area contributed by atoms with E-state index in [-0.39, 0.29) is 5.91 Å². The molecule has 0 radical (unpaired) electrons. The average molecular weight is 377 g/mol. The minimum atomic E-state index is 0.113. The summed E-state index contributed by atoms with van der Waals surface area (Å²) in [7, 11) is 0. The molecule has 0 bridgehead atoms. The summed E-state index contributed by atoms with van der Waals surface area (Å²) < 4.78 is 0. The summed E-state index contributed by atoms with van der Waals surface area (Å²) in [4.78, 5) is 18.6. The van der Waals surface area contributed by atoms with E-state index in [0.29, 0.717) is 12.5 Å². The Morgan fingerprint density at radius 3 is 2.22 bits per heavy atom. The lowest BCUT2D eigenvalue weighted by Crippen LogP contribution is -2.37. The number of benzene rings is 2. The maximum absolute atomic E-state index is 12.7. The van der Waals surface area contributed by atoms with E-state index in [1.807, 2.05) is 36.4 Å². The van der Waals surface area contributed by atoms with Crippen molar-refractivity contribution in [2.24, 2.45) is 0 Å². The van der Waals surface area contributed by atoms with Gasteiger partial charge in [0.05, 0.1) is 12.1 Å². The fourth-order valence-electron chi connectivity index (χ4n) is 3.67. The molecule has 2 aromatic carbocycles. The molecule has 0 atom stereocenters. The zero-order chi connectivity index (χ0) is 18.5. The van der Waals surface area contributed by atoms with E-state index in [2.05, 4.69) is 29.6 Å². The predicted octanol–water partition coefficient (Wildman–Crippen LogP) is 5.47. The SMILES string of the molecule is O=C(Cc1sc(-c2ccccc2)nc1-c1ccccc1)NC1CCCCC1. The van der Waals surface area contributed by atoms with Gasteiger partial charge in [0.1, 0.15) is 5.01 Å². The van der Waals surface area contributed by atoms with Crippen molar-refractivity contribution in [1.82, 2.24) is 10.3 Å². The van der Waals surface area contributed by atoms with Crippen LogP contribution >= 0.6 is 11.3 Å². The lowest BCUT2D eigenvalue weighted by Gasteiger charge is -2.22. The number of nitrogens with zero attached hydrogens (tertiary/aromatic N) is 1. The third kappa shape index (κ3) is 4.45. The van der Waals surface area contributed by atoms with Gasteiger partial charge in [0, 0.05) is 22.0 Å². The molecule has 4 heteroatoms. The molecule has 1 aliphatic rings. The molecule has 4 rings (SSSR count). The van der Waals surface area contributed by atoms with Gasteiger partial charge >= 0.3 is 0 Å². The van der Waals surface area contributed by atoms with Crippen LogP contribution in [0.3, 0.4) is 0 Å². The number of thiazole rings is 1. The minimum absolute atomic E-state index is 0.113. The topological polar surface area (TPSA) is 42.0 Å². The maximum atomic E-state index is 12.7. The van der Waals surface area contributed by atoms with Crippen molar-refractivity contribution in [3.63, 3.8) is 0 Å². The highest BCUT2D eigenvalue weighted by atomic mass is 32.1. The molecule has 1 fully saturated rings. The molecule has 1 N–H and O–H groups in total. The fourth-order valence-corrected chi connectivity index (χ4v) is 4.76. The Morgan fingerprint density at radius 1 is 0.926 bits per heavy atom. The Morgan fingerprint density at radius 2 is 1.56 bits per heavy atom. The van der Waals surface area contributed by atoms with Gasteiger partial charge in [-0.25, -0.2) is 4.98 Å². The zero-order valence-corrected chi connectivity index (χ0v) is 16.2. The molecule has 27 heavy (non-hydrogen) atoms. The molecular formula is C23H24N2OS. The van der Waals surface area contributed by atoms with Crippen LogP contribution in [-0.2, 0) is 11.2 Å². The number of nitrogens with one attached hydrogen (secondary N) is 1. The third-order valence-electron chi connectivity index (χ3n) is 5.06. The first-order valence-electron chi connectivity index (χ1n) is 9.69. The highest BCUT2D eigenvalue weighted by Crippen LogP contribution is 2.34. The quantitative estimate of drug-likeness (QED) is 0.642. The van der Waals surface area contributed by atoms with Crippen LogP contribution in [0.2, 0.25) is 0 Å². The Labute approximate surface area is 164 Å². The first-order valence-corrected chi connectivity index (χ1v) is 10.5. The standard InChI is InChI=1S/C23H24N2OS/c26-21(24-19-14-8-3-9-15-19)16-20-22(17-10-4-1-5-11-17)25-23(27-20)18-12-6-2-7-13-18/h1-2,4-7,10-13,19H,3,8-9,14-16H2,(H,24,26). The lowest BCUT2D eigenvalue weighted by atomic mass is 9.95. The number of hydrogen-bond acceptors (Lipinski definition) is 3. The fraction of sp³-hybridized carbons (Fsp3) is 0.304. The predicted molar refractivity (Wildman–Crippen MR) is 112 cm³/mol. The smallest absolute Gasteiger partial charge is 0.225 e. The van der Waals surface area contributed by atoms with E-state index < -0.39 is 0 Å². The number of rotatable bonds is 5. The van der Waals surface area contributed by atoms with Crippen molar-refractivity contribution in [2.75, 3.05) is 0 Å². The summed E-state index contributed by atoms with van der Waals surface area (Å²) in [5.41, 5.74) is 3.09. The van der Waals surface area contributed by atoms with Crippen LogP contribution < -0.4 is 5.32 Å². The Balaban J connectivity index is 1.60. The summed E-state index contributed by atoms with van der Waals surface area (Å²) in [6.07, 6.45) is 6.34. The van der Waals surface area contributed by atoms with E-state index in [1.165, 1.54) is 19.3 Å². The van der Waals surface area contributed by atoms with Crippen LogP contribution in [0.4, 0.5) is 0 Å². The summed E-state index contributed by atoms with van der Waals surface area (Å²) in [5, 5.41) is 4.20. The molecule has 0 spiro atoms. The molecule has 0 aliphatic heterocycles. The summed E-state index contributed by atoms with van der Waals surface area (Å²) >= 11 is 1.63. The highest BCUT2D eigenvalue weighted by molar-refractivity contribution is 7.15. The molecule has 1 amide bonds. The number of carbonyl (C=O) groups is 1. The van der Waals surface area contributed by atoms with Crippen LogP contribution in [0.25, 0.3) is 21.8 Å². The Kier molecular flexibility index (Phi) is 5.64.